The first-order valence-electron chi connectivity index (χ1n) is 8.18. The fourth-order valence-corrected chi connectivity index (χ4v) is 2.40. The molecule has 0 aliphatic heterocycles. The molecule has 2 rings (SSSR count). The average molecular weight is 378 g/mol. The number of Topliss-reactive ketones (excluding diaryl/α,β-unsaturated/α-hetero) is 1. The van der Waals surface area contributed by atoms with E-state index in [0.717, 1.165) is 11.1 Å². The fourth-order valence-electron chi connectivity index (χ4n) is 2.40. The van der Waals surface area contributed by atoms with Crippen LogP contribution in [0, 0.1) is 13.8 Å². The molecule has 5 nitrogen and oxygen atoms in total. The van der Waals surface area contributed by atoms with Crippen LogP contribution in [0.15, 0.2) is 36.4 Å². The van der Waals surface area contributed by atoms with E-state index >= 15 is 0 Å². The summed E-state index contributed by atoms with van der Waals surface area (Å²) in [6.07, 6.45) is -1.01. The Bertz CT molecular complexity index is 848. The number of hydrogen-bond acceptors (Lipinski definition) is 5. The molecule has 0 radical (unpaired) electrons. The number of carbonyl (C=O) groups is 2. The number of alkyl halides is 2. The Labute approximate surface area is 155 Å². The Balaban J connectivity index is 2.13. The lowest BCUT2D eigenvalue weighted by atomic mass is 10.0. The van der Waals surface area contributed by atoms with Crippen molar-refractivity contribution >= 4 is 11.8 Å². The van der Waals surface area contributed by atoms with Crippen molar-refractivity contribution in [2.24, 2.45) is 0 Å². The van der Waals surface area contributed by atoms with Gasteiger partial charge in [0.05, 0.1) is 12.7 Å². The predicted molar refractivity (Wildman–Crippen MR) is 94.8 cm³/mol. The summed E-state index contributed by atoms with van der Waals surface area (Å²) in [6, 6.07) is 8.89. The first-order valence-corrected chi connectivity index (χ1v) is 8.18. The number of benzene rings is 2. The van der Waals surface area contributed by atoms with Crippen LogP contribution < -0.4 is 9.47 Å². The maximum Gasteiger partial charge on any atom is 0.387 e. The fraction of sp³-hybridized carbons (Fsp3) is 0.300. The van der Waals surface area contributed by atoms with Crippen LogP contribution in [-0.4, -0.2) is 31.6 Å². The molecule has 0 aliphatic rings. The van der Waals surface area contributed by atoms with E-state index in [1.54, 1.807) is 12.1 Å². The van der Waals surface area contributed by atoms with E-state index in [9.17, 15) is 18.4 Å². The molecule has 0 N–H and O–H groups in total. The number of halogens is 2. The molecule has 0 saturated heterocycles. The largest absolute Gasteiger partial charge is 0.493 e. The summed E-state index contributed by atoms with van der Waals surface area (Å²) in [5.74, 6) is -1.36. The van der Waals surface area contributed by atoms with Gasteiger partial charge in [0.1, 0.15) is 0 Å². The van der Waals surface area contributed by atoms with Crippen molar-refractivity contribution in [3.05, 3.63) is 58.7 Å². The second kappa shape index (κ2) is 8.62. The van der Waals surface area contributed by atoms with Crippen LogP contribution in [0.3, 0.4) is 0 Å². The van der Waals surface area contributed by atoms with Crippen LogP contribution in [0.25, 0.3) is 0 Å². The molecule has 0 amide bonds. The smallest absolute Gasteiger partial charge is 0.387 e. The van der Waals surface area contributed by atoms with Gasteiger partial charge in [0.2, 0.25) is 5.78 Å². The third kappa shape index (κ3) is 5.03. The van der Waals surface area contributed by atoms with Crippen LogP contribution in [0.1, 0.15) is 38.8 Å². The molecule has 7 heteroatoms. The van der Waals surface area contributed by atoms with Crippen molar-refractivity contribution < 1.29 is 32.6 Å². The molecule has 0 spiro atoms. The lowest BCUT2D eigenvalue weighted by Crippen LogP contribution is -2.24. The molecule has 0 bridgehead atoms. The van der Waals surface area contributed by atoms with Crippen molar-refractivity contribution in [1.29, 1.82) is 0 Å². The van der Waals surface area contributed by atoms with Gasteiger partial charge in [-0.25, -0.2) is 4.79 Å². The van der Waals surface area contributed by atoms with Crippen LogP contribution in [0.5, 0.6) is 11.5 Å². The van der Waals surface area contributed by atoms with Gasteiger partial charge in [0.15, 0.2) is 17.6 Å². The Morgan fingerprint density at radius 3 is 2.19 bits per heavy atom. The van der Waals surface area contributed by atoms with Crippen molar-refractivity contribution in [3.63, 3.8) is 0 Å². The first kappa shape index (κ1) is 20.4. The van der Waals surface area contributed by atoms with Crippen molar-refractivity contribution in [1.82, 2.24) is 0 Å². The maximum absolute atomic E-state index is 12.5. The first-order chi connectivity index (χ1) is 12.7. The summed E-state index contributed by atoms with van der Waals surface area (Å²) < 4.78 is 39.2. The number of ether oxygens (including phenoxy) is 3. The molecular weight excluding hydrogens is 358 g/mol. The molecule has 144 valence electrons. The number of methoxy groups -OCH3 is 1. The average Bonchev–Trinajstić information content (AvgIpc) is 2.63. The molecule has 0 unspecified atom stereocenters. The predicted octanol–water partition coefficient (Wildman–Crippen LogP) is 4.34. The van der Waals surface area contributed by atoms with Crippen molar-refractivity contribution in [3.8, 4) is 11.5 Å². The van der Waals surface area contributed by atoms with E-state index in [4.69, 9.17) is 9.47 Å². The molecular formula is C20H20F2O5. The number of hydrogen-bond donors (Lipinski definition) is 0. The van der Waals surface area contributed by atoms with E-state index in [1.165, 1.54) is 32.2 Å². The highest BCUT2D eigenvalue weighted by atomic mass is 19.3. The van der Waals surface area contributed by atoms with E-state index in [0.29, 0.717) is 5.56 Å². The highest BCUT2D eigenvalue weighted by Gasteiger charge is 2.22. The molecule has 2 aromatic rings. The zero-order valence-electron chi connectivity index (χ0n) is 15.4. The summed E-state index contributed by atoms with van der Waals surface area (Å²) >= 11 is 0. The SMILES string of the molecule is COc1cc(C(=O)O[C@H](C)C(=O)c2ccc(C)c(C)c2)ccc1OC(F)F. The zero-order chi connectivity index (χ0) is 20.1. The van der Waals surface area contributed by atoms with Crippen LogP contribution in [0.4, 0.5) is 8.78 Å². The van der Waals surface area contributed by atoms with Gasteiger partial charge in [0.25, 0.3) is 0 Å². The van der Waals surface area contributed by atoms with Gasteiger partial charge < -0.3 is 14.2 Å². The van der Waals surface area contributed by atoms with Gasteiger partial charge in [-0.3, -0.25) is 4.79 Å². The third-order valence-electron chi connectivity index (χ3n) is 4.06. The van der Waals surface area contributed by atoms with Crippen LogP contribution >= 0.6 is 0 Å². The highest BCUT2D eigenvalue weighted by molar-refractivity contribution is 6.01. The van der Waals surface area contributed by atoms with E-state index in [2.05, 4.69) is 4.74 Å². The van der Waals surface area contributed by atoms with Gasteiger partial charge in [0, 0.05) is 5.56 Å². The van der Waals surface area contributed by atoms with Gasteiger partial charge in [-0.15, -0.1) is 0 Å². The summed E-state index contributed by atoms with van der Waals surface area (Å²) in [4.78, 5) is 24.8. The lowest BCUT2D eigenvalue weighted by Gasteiger charge is -2.14. The monoisotopic (exact) mass is 378 g/mol. The Hall–Kier alpha value is -2.96. The molecule has 2 aromatic carbocycles. The van der Waals surface area contributed by atoms with Gasteiger partial charge in [-0.2, -0.15) is 8.78 Å². The minimum Gasteiger partial charge on any atom is -0.493 e. The number of rotatable bonds is 7. The van der Waals surface area contributed by atoms with Gasteiger partial charge >= 0.3 is 12.6 Å². The summed E-state index contributed by atoms with van der Waals surface area (Å²) in [6.45, 7) is 2.27. The summed E-state index contributed by atoms with van der Waals surface area (Å²) in [7, 11) is 1.26. The summed E-state index contributed by atoms with van der Waals surface area (Å²) in [5.41, 5.74) is 2.50. The number of ketones is 1. The number of carbonyl (C=O) groups excluding carboxylic acids is 2. The van der Waals surface area contributed by atoms with Gasteiger partial charge in [-0.1, -0.05) is 12.1 Å². The maximum atomic E-state index is 12.5. The molecule has 0 aromatic heterocycles. The summed E-state index contributed by atoms with van der Waals surface area (Å²) in [5, 5.41) is 0. The molecule has 27 heavy (non-hydrogen) atoms. The van der Waals surface area contributed by atoms with E-state index in [-0.39, 0.29) is 22.8 Å². The van der Waals surface area contributed by atoms with Crippen LogP contribution in [0.2, 0.25) is 0 Å². The minimum absolute atomic E-state index is 0.0436. The number of aryl methyl sites for hydroxylation is 2. The normalized spacial score (nSPS) is 11.8. The highest BCUT2D eigenvalue weighted by Crippen LogP contribution is 2.29. The standard InChI is InChI=1S/C20H20F2O5/c1-11-5-6-14(9-12(11)2)18(23)13(3)26-19(24)15-7-8-16(27-20(21)22)17(10-15)25-4/h5-10,13,20H,1-4H3/t13-/m1/s1. The quantitative estimate of drug-likeness (QED) is 0.530. The minimum atomic E-state index is -3.02. The Morgan fingerprint density at radius 1 is 0.926 bits per heavy atom. The van der Waals surface area contributed by atoms with Crippen LogP contribution in [-0.2, 0) is 4.74 Å². The van der Waals surface area contributed by atoms with Crippen molar-refractivity contribution in [2.75, 3.05) is 7.11 Å². The van der Waals surface area contributed by atoms with E-state index < -0.39 is 18.7 Å². The lowest BCUT2D eigenvalue weighted by molar-refractivity contribution is -0.0512. The molecule has 1 atom stereocenters. The second-order valence-electron chi connectivity index (χ2n) is 5.95. The van der Waals surface area contributed by atoms with Crippen molar-refractivity contribution in [2.45, 2.75) is 33.5 Å². The number of esters is 1. The third-order valence-corrected chi connectivity index (χ3v) is 4.06. The molecule has 0 aliphatic carbocycles. The van der Waals surface area contributed by atoms with Gasteiger partial charge in [-0.05, 0) is 56.2 Å². The zero-order valence-corrected chi connectivity index (χ0v) is 15.4. The molecule has 0 heterocycles. The molecule has 0 saturated carbocycles. The molecule has 0 fully saturated rings. The Morgan fingerprint density at radius 2 is 1.59 bits per heavy atom. The second-order valence-corrected chi connectivity index (χ2v) is 5.95. The Kier molecular flexibility index (Phi) is 6.50. The topological polar surface area (TPSA) is 61.8 Å². The van der Waals surface area contributed by atoms with E-state index in [1.807, 2.05) is 19.9 Å².